The lowest BCUT2D eigenvalue weighted by Gasteiger charge is -2.18. The molecule has 1 aliphatic heterocycles. The highest BCUT2D eigenvalue weighted by atomic mass is 79.9. The molecular weight excluding hydrogens is 310 g/mol. The van der Waals surface area contributed by atoms with Crippen molar-refractivity contribution in [1.29, 1.82) is 0 Å². The lowest BCUT2D eigenvalue weighted by Crippen LogP contribution is -2.14. The predicted molar refractivity (Wildman–Crippen MR) is 80.4 cm³/mol. The Morgan fingerprint density at radius 2 is 1.72 bits per heavy atom. The van der Waals surface area contributed by atoms with Crippen molar-refractivity contribution in [2.45, 2.75) is 18.4 Å². The van der Waals surface area contributed by atoms with Gasteiger partial charge >= 0.3 is 0 Å². The van der Waals surface area contributed by atoms with Crippen LogP contribution in [0.15, 0.2) is 42.5 Å². The van der Waals surface area contributed by atoms with Crippen molar-refractivity contribution in [3.8, 4) is 0 Å². The van der Waals surface area contributed by atoms with Crippen LogP contribution in [0, 0.1) is 0 Å². The molecule has 1 heterocycles. The number of alkyl halides is 1. The standard InChI is InChI=1S/C15H13BrClN/c16-8-11-5-6-14(7-15(11)17)18-9-12-3-1-2-4-13(12)10-18/h1-7H,8-10H2. The van der Waals surface area contributed by atoms with Crippen molar-refractivity contribution >= 4 is 33.2 Å². The van der Waals surface area contributed by atoms with Crippen molar-refractivity contribution < 1.29 is 0 Å². The van der Waals surface area contributed by atoms with Crippen molar-refractivity contribution in [2.24, 2.45) is 0 Å². The van der Waals surface area contributed by atoms with Crippen LogP contribution in [0.5, 0.6) is 0 Å². The Morgan fingerprint density at radius 1 is 1.06 bits per heavy atom. The molecule has 0 atom stereocenters. The van der Waals surface area contributed by atoms with Crippen molar-refractivity contribution in [2.75, 3.05) is 4.90 Å². The van der Waals surface area contributed by atoms with E-state index in [1.54, 1.807) is 0 Å². The number of nitrogens with zero attached hydrogens (tertiary/aromatic N) is 1. The molecule has 0 spiro atoms. The number of hydrogen-bond donors (Lipinski definition) is 0. The summed E-state index contributed by atoms with van der Waals surface area (Å²) in [6.07, 6.45) is 0. The predicted octanol–water partition coefficient (Wildman–Crippen LogP) is 4.76. The van der Waals surface area contributed by atoms with Crippen LogP contribution in [-0.4, -0.2) is 0 Å². The number of fused-ring (bicyclic) bond motifs is 1. The van der Waals surface area contributed by atoms with Crippen LogP contribution in [0.25, 0.3) is 0 Å². The van der Waals surface area contributed by atoms with Gasteiger partial charge in [-0.2, -0.15) is 0 Å². The summed E-state index contributed by atoms with van der Waals surface area (Å²) in [5.41, 5.74) is 5.16. The molecule has 0 amide bonds. The quantitative estimate of drug-likeness (QED) is 0.721. The first-order valence-corrected chi connectivity index (χ1v) is 7.44. The summed E-state index contributed by atoms with van der Waals surface area (Å²) in [5, 5.41) is 1.63. The van der Waals surface area contributed by atoms with Gasteiger partial charge in [-0.15, -0.1) is 0 Å². The summed E-state index contributed by atoms with van der Waals surface area (Å²) in [6.45, 7) is 1.94. The number of halogens is 2. The number of hydrogen-bond acceptors (Lipinski definition) is 1. The van der Waals surface area contributed by atoms with E-state index in [1.807, 2.05) is 0 Å². The molecule has 0 aromatic heterocycles. The maximum atomic E-state index is 6.26. The van der Waals surface area contributed by atoms with Gasteiger partial charge < -0.3 is 4.90 Å². The molecule has 0 saturated carbocycles. The molecule has 0 saturated heterocycles. The van der Waals surface area contributed by atoms with Gasteiger partial charge in [0, 0.05) is 29.1 Å². The van der Waals surface area contributed by atoms with Crippen molar-refractivity contribution in [3.63, 3.8) is 0 Å². The lowest BCUT2D eigenvalue weighted by atomic mass is 10.1. The Hall–Kier alpha value is -0.990. The minimum atomic E-state index is 0.798. The van der Waals surface area contributed by atoms with E-state index in [1.165, 1.54) is 16.8 Å². The Labute approximate surface area is 121 Å². The minimum Gasteiger partial charge on any atom is -0.363 e. The monoisotopic (exact) mass is 321 g/mol. The second kappa shape index (κ2) is 4.94. The van der Waals surface area contributed by atoms with Gasteiger partial charge in [0.25, 0.3) is 0 Å². The van der Waals surface area contributed by atoms with Crippen LogP contribution < -0.4 is 4.90 Å². The fourth-order valence-corrected chi connectivity index (χ4v) is 3.25. The minimum absolute atomic E-state index is 0.798. The molecule has 92 valence electrons. The molecule has 3 heteroatoms. The van der Waals surface area contributed by atoms with Crippen LogP contribution in [0.1, 0.15) is 16.7 Å². The maximum absolute atomic E-state index is 6.26. The molecule has 1 nitrogen and oxygen atoms in total. The van der Waals surface area contributed by atoms with Crippen LogP contribution >= 0.6 is 27.5 Å². The zero-order valence-electron chi connectivity index (χ0n) is 9.87. The summed E-state index contributed by atoms with van der Waals surface area (Å²) >= 11 is 9.70. The third-order valence-corrected chi connectivity index (χ3v) is 4.34. The molecule has 18 heavy (non-hydrogen) atoms. The average molecular weight is 323 g/mol. The molecular formula is C15H13BrClN. The van der Waals surface area contributed by atoms with Crippen LogP contribution in [0.4, 0.5) is 5.69 Å². The van der Waals surface area contributed by atoms with E-state index in [0.29, 0.717) is 0 Å². The van der Waals surface area contributed by atoms with E-state index in [0.717, 1.165) is 29.0 Å². The van der Waals surface area contributed by atoms with Crippen LogP contribution in [0.3, 0.4) is 0 Å². The Bertz CT molecular complexity index is 557. The molecule has 0 aliphatic carbocycles. The van der Waals surface area contributed by atoms with E-state index in [4.69, 9.17) is 11.6 Å². The molecule has 0 bridgehead atoms. The highest BCUT2D eigenvalue weighted by Crippen LogP contribution is 2.31. The van der Waals surface area contributed by atoms with Gasteiger partial charge in [-0.05, 0) is 28.8 Å². The molecule has 0 radical (unpaired) electrons. The van der Waals surface area contributed by atoms with Gasteiger partial charge in [-0.1, -0.05) is 57.9 Å². The highest BCUT2D eigenvalue weighted by Gasteiger charge is 2.18. The normalized spacial score (nSPS) is 13.8. The average Bonchev–Trinajstić information content (AvgIpc) is 2.82. The molecule has 2 aromatic carbocycles. The highest BCUT2D eigenvalue weighted by molar-refractivity contribution is 9.08. The van der Waals surface area contributed by atoms with E-state index in [9.17, 15) is 0 Å². The fourth-order valence-electron chi connectivity index (χ4n) is 2.36. The third-order valence-electron chi connectivity index (χ3n) is 3.39. The molecule has 2 aromatic rings. The molecule has 0 N–H and O–H groups in total. The Morgan fingerprint density at radius 3 is 2.28 bits per heavy atom. The topological polar surface area (TPSA) is 3.24 Å². The van der Waals surface area contributed by atoms with E-state index < -0.39 is 0 Å². The van der Waals surface area contributed by atoms with Crippen molar-refractivity contribution in [3.05, 3.63) is 64.2 Å². The zero-order valence-corrected chi connectivity index (χ0v) is 12.2. The largest absolute Gasteiger partial charge is 0.363 e. The fraction of sp³-hybridized carbons (Fsp3) is 0.200. The van der Waals surface area contributed by atoms with Crippen LogP contribution in [0.2, 0.25) is 5.02 Å². The first-order valence-electron chi connectivity index (χ1n) is 5.94. The molecule has 1 aliphatic rings. The number of benzene rings is 2. The summed E-state index contributed by atoms with van der Waals surface area (Å²) in [5.74, 6) is 0. The van der Waals surface area contributed by atoms with Gasteiger partial charge in [0.15, 0.2) is 0 Å². The second-order valence-electron chi connectivity index (χ2n) is 4.53. The summed E-state index contributed by atoms with van der Waals surface area (Å²) in [6, 6.07) is 14.9. The zero-order chi connectivity index (χ0) is 12.5. The van der Waals surface area contributed by atoms with E-state index in [-0.39, 0.29) is 0 Å². The second-order valence-corrected chi connectivity index (χ2v) is 5.50. The van der Waals surface area contributed by atoms with Gasteiger partial charge in [0.2, 0.25) is 0 Å². The summed E-state index contributed by atoms with van der Waals surface area (Å²) in [4.78, 5) is 2.36. The number of rotatable bonds is 2. The first-order chi connectivity index (χ1) is 8.78. The molecule has 0 unspecified atom stereocenters. The first kappa shape index (κ1) is 12.1. The van der Waals surface area contributed by atoms with Gasteiger partial charge in [-0.25, -0.2) is 0 Å². The van der Waals surface area contributed by atoms with Gasteiger partial charge in [0.1, 0.15) is 0 Å². The molecule has 3 rings (SSSR count). The Balaban J connectivity index is 1.88. The van der Waals surface area contributed by atoms with Gasteiger partial charge in [-0.3, -0.25) is 0 Å². The van der Waals surface area contributed by atoms with Crippen molar-refractivity contribution in [1.82, 2.24) is 0 Å². The maximum Gasteiger partial charge on any atom is 0.0467 e. The summed E-state index contributed by atoms with van der Waals surface area (Å²) in [7, 11) is 0. The van der Waals surface area contributed by atoms with E-state index in [2.05, 4.69) is 63.3 Å². The number of anilines is 1. The van der Waals surface area contributed by atoms with Crippen LogP contribution in [-0.2, 0) is 18.4 Å². The Kier molecular flexibility index (Phi) is 3.31. The summed E-state index contributed by atoms with van der Waals surface area (Å²) < 4.78 is 0. The smallest absolute Gasteiger partial charge is 0.0467 e. The van der Waals surface area contributed by atoms with E-state index >= 15 is 0 Å². The third kappa shape index (κ3) is 2.15. The van der Waals surface area contributed by atoms with Gasteiger partial charge in [0.05, 0.1) is 0 Å². The molecule has 0 fully saturated rings. The SMILES string of the molecule is Clc1cc(N2Cc3ccccc3C2)ccc1CBr. The lowest BCUT2D eigenvalue weighted by molar-refractivity contribution is 0.880.